The van der Waals surface area contributed by atoms with Crippen molar-refractivity contribution in [2.24, 2.45) is 11.7 Å². The molecule has 2 atom stereocenters. The molecular weight excluding hydrogens is 252 g/mol. The highest BCUT2D eigenvalue weighted by molar-refractivity contribution is 5.85. The lowest BCUT2D eigenvalue weighted by molar-refractivity contribution is -0.137. The third kappa shape index (κ3) is 5.55. The molecule has 0 radical (unpaired) electrons. The van der Waals surface area contributed by atoms with Crippen molar-refractivity contribution < 1.29 is 9.53 Å². The molecule has 4 nitrogen and oxygen atoms in total. The molecule has 1 saturated heterocycles. The Hall–Kier alpha value is -0.320. The van der Waals surface area contributed by atoms with E-state index in [1.807, 2.05) is 11.8 Å². The van der Waals surface area contributed by atoms with Crippen molar-refractivity contribution in [2.75, 3.05) is 26.2 Å². The van der Waals surface area contributed by atoms with Gasteiger partial charge in [-0.3, -0.25) is 4.79 Å². The average molecular weight is 279 g/mol. The molecule has 1 aliphatic heterocycles. The zero-order valence-corrected chi connectivity index (χ0v) is 12.4. The van der Waals surface area contributed by atoms with Gasteiger partial charge in [0.05, 0.1) is 6.10 Å². The van der Waals surface area contributed by atoms with E-state index in [1.165, 1.54) is 6.42 Å². The Kier molecular flexibility index (Phi) is 9.42. The lowest BCUT2D eigenvalue weighted by atomic mass is 10.1. The van der Waals surface area contributed by atoms with Crippen LogP contribution in [-0.4, -0.2) is 43.2 Å². The van der Waals surface area contributed by atoms with E-state index in [1.54, 1.807) is 0 Å². The number of hydrogen-bond acceptors (Lipinski definition) is 3. The van der Waals surface area contributed by atoms with E-state index in [9.17, 15) is 4.79 Å². The van der Waals surface area contributed by atoms with Gasteiger partial charge in [0.2, 0.25) is 5.91 Å². The van der Waals surface area contributed by atoms with Crippen LogP contribution < -0.4 is 5.73 Å². The number of carbonyl (C=O) groups excluding carboxylic acids is 1. The molecule has 0 aromatic carbocycles. The molecule has 108 valence electrons. The van der Waals surface area contributed by atoms with Gasteiger partial charge in [-0.15, -0.1) is 12.4 Å². The molecule has 5 heteroatoms. The Morgan fingerprint density at radius 2 is 2.22 bits per heavy atom. The van der Waals surface area contributed by atoms with Gasteiger partial charge in [-0.05, 0) is 25.7 Å². The van der Waals surface area contributed by atoms with Crippen LogP contribution in [0, 0.1) is 5.92 Å². The lowest BCUT2D eigenvalue weighted by Crippen LogP contribution is -2.43. The van der Waals surface area contributed by atoms with Gasteiger partial charge in [-0.25, -0.2) is 0 Å². The largest absolute Gasteiger partial charge is 0.376 e. The Balaban J connectivity index is 0.00000289. The number of ether oxygens (including phenoxy) is 1. The first kappa shape index (κ1) is 17.7. The molecule has 1 amide bonds. The van der Waals surface area contributed by atoms with E-state index >= 15 is 0 Å². The second-order valence-electron chi connectivity index (χ2n) is 4.91. The van der Waals surface area contributed by atoms with Crippen molar-refractivity contribution in [2.45, 2.75) is 45.6 Å². The first-order valence-corrected chi connectivity index (χ1v) is 6.79. The molecule has 2 N–H and O–H groups in total. The summed E-state index contributed by atoms with van der Waals surface area (Å²) in [7, 11) is 0. The molecular formula is C13H27ClN2O2. The van der Waals surface area contributed by atoms with E-state index in [0.29, 0.717) is 6.54 Å². The van der Waals surface area contributed by atoms with Crippen LogP contribution in [0.2, 0.25) is 0 Å². The molecule has 0 aromatic rings. The summed E-state index contributed by atoms with van der Waals surface area (Å²) in [5, 5.41) is 0. The second-order valence-corrected chi connectivity index (χ2v) is 4.91. The highest BCUT2D eigenvalue weighted by Gasteiger charge is 2.23. The minimum atomic E-state index is -0.0786. The van der Waals surface area contributed by atoms with Crippen LogP contribution in [0.1, 0.15) is 39.5 Å². The van der Waals surface area contributed by atoms with Crippen LogP contribution in [0.3, 0.4) is 0 Å². The van der Waals surface area contributed by atoms with Crippen LogP contribution in [0.15, 0.2) is 0 Å². The molecule has 1 heterocycles. The fourth-order valence-electron chi connectivity index (χ4n) is 2.17. The zero-order chi connectivity index (χ0) is 12.7. The van der Waals surface area contributed by atoms with Crippen molar-refractivity contribution in [3.8, 4) is 0 Å². The monoisotopic (exact) mass is 278 g/mol. The van der Waals surface area contributed by atoms with Crippen LogP contribution in [0.25, 0.3) is 0 Å². The standard InChI is InChI=1S/C13H26N2O2.ClH/c1-3-7-15(13(16)11(2)9-14)10-12-6-4-5-8-17-12;/h11-12H,3-10,14H2,1-2H3;1H. The quantitative estimate of drug-likeness (QED) is 0.806. The van der Waals surface area contributed by atoms with Gasteiger partial charge in [-0.2, -0.15) is 0 Å². The molecule has 2 unspecified atom stereocenters. The fraction of sp³-hybridized carbons (Fsp3) is 0.923. The lowest BCUT2D eigenvalue weighted by Gasteiger charge is -2.31. The van der Waals surface area contributed by atoms with E-state index in [0.717, 1.165) is 39.0 Å². The van der Waals surface area contributed by atoms with Crippen molar-refractivity contribution >= 4 is 18.3 Å². The minimum Gasteiger partial charge on any atom is -0.376 e. The molecule has 1 fully saturated rings. The van der Waals surface area contributed by atoms with Gasteiger partial charge in [0.1, 0.15) is 0 Å². The maximum absolute atomic E-state index is 12.1. The van der Waals surface area contributed by atoms with Crippen LogP contribution in [0.5, 0.6) is 0 Å². The molecule has 0 spiro atoms. The molecule has 0 saturated carbocycles. The summed E-state index contributed by atoms with van der Waals surface area (Å²) in [6, 6.07) is 0. The first-order chi connectivity index (χ1) is 8.19. The first-order valence-electron chi connectivity index (χ1n) is 6.79. The smallest absolute Gasteiger partial charge is 0.226 e. The third-order valence-corrected chi connectivity index (χ3v) is 3.28. The van der Waals surface area contributed by atoms with Crippen LogP contribution in [-0.2, 0) is 9.53 Å². The van der Waals surface area contributed by atoms with Gasteiger partial charge in [0.15, 0.2) is 0 Å². The van der Waals surface area contributed by atoms with Gasteiger partial charge in [0.25, 0.3) is 0 Å². The van der Waals surface area contributed by atoms with E-state index in [4.69, 9.17) is 10.5 Å². The summed E-state index contributed by atoms with van der Waals surface area (Å²) in [4.78, 5) is 14.1. The predicted molar refractivity (Wildman–Crippen MR) is 75.9 cm³/mol. The summed E-state index contributed by atoms with van der Waals surface area (Å²) in [6.07, 6.45) is 4.65. The average Bonchev–Trinajstić information content (AvgIpc) is 2.37. The summed E-state index contributed by atoms with van der Waals surface area (Å²) in [6.45, 7) is 6.79. The maximum Gasteiger partial charge on any atom is 0.226 e. The fourth-order valence-corrected chi connectivity index (χ4v) is 2.17. The predicted octanol–water partition coefficient (Wildman–Crippen LogP) is 1.81. The van der Waals surface area contributed by atoms with Crippen molar-refractivity contribution in [1.82, 2.24) is 4.90 Å². The summed E-state index contributed by atoms with van der Waals surface area (Å²) < 4.78 is 5.69. The van der Waals surface area contributed by atoms with Gasteiger partial charge in [0, 0.05) is 32.2 Å². The molecule has 0 aromatic heterocycles. The number of halogens is 1. The highest BCUT2D eigenvalue weighted by Crippen LogP contribution is 2.15. The second kappa shape index (κ2) is 9.59. The number of amides is 1. The highest BCUT2D eigenvalue weighted by atomic mass is 35.5. The van der Waals surface area contributed by atoms with Crippen LogP contribution >= 0.6 is 12.4 Å². The Bertz CT molecular complexity index is 233. The Morgan fingerprint density at radius 1 is 1.50 bits per heavy atom. The summed E-state index contributed by atoms with van der Waals surface area (Å²) in [5.74, 6) is 0.0914. The van der Waals surface area contributed by atoms with Crippen molar-refractivity contribution in [1.29, 1.82) is 0 Å². The maximum atomic E-state index is 12.1. The topological polar surface area (TPSA) is 55.6 Å². The number of hydrogen-bond donors (Lipinski definition) is 1. The molecule has 1 rings (SSSR count). The summed E-state index contributed by atoms with van der Waals surface area (Å²) in [5.41, 5.74) is 5.56. The van der Waals surface area contributed by atoms with Gasteiger partial charge < -0.3 is 15.4 Å². The van der Waals surface area contributed by atoms with E-state index < -0.39 is 0 Å². The SMILES string of the molecule is CCCN(CC1CCCCO1)C(=O)C(C)CN.Cl. The Labute approximate surface area is 117 Å². The third-order valence-electron chi connectivity index (χ3n) is 3.28. The molecule has 0 bridgehead atoms. The molecule has 18 heavy (non-hydrogen) atoms. The number of nitrogens with zero attached hydrogens (tertiary/aromatic N) is 1. The normalized spacial score (nSPS) is 20.9. The van der Waals surface area contributed by atoms with Gasteiger partial charge in [-0.1, -0.05) is 13.8 Å². The molecule has 0 aliphatic carbocycles. The summed E-state index contributed by atoms with van der Waals surface area (Å²) >= 11 is 0. The number of nitrogens with two attached hydrogens (primary N) is 1. The zero-order valence-electron chi connectivity index (χ0n) is 11.6. The van der Waals surface area contributed by atoms with Crippen LogP contribution in [0.4, 0.5) is 0 Å². The number of rotatable bonds is 6. The molecule has 1 aliphatic rings. The van der Waals surface area contributed by atoms with E-state index in [2.05, 4.69) is 6.92 Å². The van der Waals surface area contributed by atoms with E-state index in [-0.39, 0.29) is 30.3 Å². The minimum absolute atomic E-state index is 0. The van der Waals surface area contributed by atoms with Crippen molar-refractivity contribution in [3.05, 3.63) is 0 Å². The van der Waals surface area contributed by atoms with Crippen molar-refractivity contribution in [3.63, 3.8) is 0 Å². The van der Waals surface area contributed by atoms with Gasteiger partial charge >= 0.3 is 0 Å². The number of carbonyl (C=O) groups is 1. The Morgan fingerprint density at radius 3 is 2.72 bits per heavy atom.